The van der Waals surface area contributed by atoms with E-state index in [0.717, 1.165) is 11.3 Å². The number of carboxylic acid groups (broad SMARTS) is 1. The molecule has 0 radical (unpaired) electrons. The van der Waals surface area contributed by atoms with Gasteiger partial charge in [0.15, 0.2) is 0 Å². The van der Waals surface area contributed by atoms with E-state index in [1.54, 1.807) is 0 Å². The van der Waals surface area contributed by atoms with Gasteiger partial charge in [-0.1, -0.05) is 0 Å². The third-order valence-corrected chi connectivity index (χ3v) is 2.92. The second-order valence-electron chi connectivity index (χ2n) is 3.03. The van der Waals surface area contributed by atoms with E-state index >= 15 is 0 Å². The summed E-state index contributed by atoms with van der Waals surface area (Å²) in [7, 11) is 0. The second-order valence-corrected chi connectivity index (χ2v) is 3.95. The van der Waals surface area contributed by atoms with E-state index in [4.69, 9.17) is 10.2 Å². The maximum Gasteiger partial charge on any atom is 0.346 e. The highest BCUT2D eigenvalue weighted by atomic mass is 32.1. The topological polar surface area (TPSA) is 98.0 Å². The van der Waals surface area contributed by atoms with Crippen LogP contribution in [0.3, 0.4) is 0 Å². The lowest BCUT2D eigenvalue weighted by Gasteiger charge is -2.16. The van der Waals surface area contributed by atoms with Crippen molar-refractivity contribution in [2.24, 2.45) is 0 Å². The van der Waals surface area contributed by atoms with E-state index in [2.05, 4.69) is 0 Å². The Kier molecular flexibility index (Phi) is 4.22. The lowest BCUT2D eigenvalue weighted by molar-refractivity contribution is 0.00381. The highest BCUT2D eigenvalue weighted by Crippen LogP contribution is 2.26. The van der Waals surface area contributed by atoms with Gasteiger partial charge < -0.3 is 20.4 Å². The minimum Gasteiger partial charge on any atom is -0.477 e. The molecule has 0 spiro atoms. The SMILES string of the molecule is O=C(O)c1sccc1C(O)C(O)CCO. The number of thiophene rings is 1. The Bertz CT molecular complexity index is 335. The van der Waals surface area contributed by atoms with Crippen LogP contribution in [0.15, 0.2) is 11.4 Å². The van der Waals surface area contributed by atoms with Crippen molar-refractivity contribution in [1.82, 2.24) is 0 Å². The average Bonchev–Trinajstić information content (AvgIpc) is 2.65. The lowest BCUT2D eigenvalue weighted by Crippen LogP contribution is -2.20. The summed E-state index contributed by atoms with van der Waals surface area (Å²) in [4.78, 5) is 10.7. The molecule has 1 rings (SSSR count). The predicted octanol–water partition coefficient (Wildman–Crippen LogP) is 0.223. The smallest absolute Gasteiger partial charge is 0.346 e. The molecular formula is C9H12O5S. The fourth-order valence-electron chi connectivity index (χ4n) is 1.22. The van der Waals surface area contributed by atoms with E-state index in [1.165, 1.54) is 11.4 Å². The Hall–Kier alpha value is -0.950. The molecule has 2 unspecified atom stereocenters. The van der Waals surface area contributed by atoms with Gasteiger partial charge in [0.1, 0.15) is 11.0 Å². The Labute approximate surface area is 90.2 Å². The first-order valence-corrected chi connectivity index (χ1v) is 5.23. The molecule has 0 aliphatic carbocycles. The third kappa shape index (κ3) is 2.75. The summed E-state index contributed by atoms with van der Waals surface area (Å²) in [6.45, 7) is -0.259. The van der Waals surface area contributed by atoms with Crippen molar-refractivity contribution in [1.29, 1.82) is 0 Å². The Morgan fingerprint density at radius 1 is 1.47 bits per heavy atom. The average molecular weight is 232 g/mol. The Morgan fingerprint density at radius 3 is 2.67 bits per heavy atom. The van der Waals surface area contributed by atoms with Crippen LogP contribution in [-0.2, 0) is 0 Å². The molecular weight excluding hydrogens is 220 g/mol. The molecule has 84 valence electrons. The third-order valence-electron chi connectivity index (χ3n) is 2.00. The predicted molar refractivity (Wildman–Crippen MR) is 53.9 cm³/mol. The molecule has 0 saturated carbocycles. The van der Waals surface area contributed by atoms with Gasteiger partial charge in [0.2, 0.25) is 0 Å². The molecule has 0 aliphatic rings. The van der Waals surface area contributed by atoms with Gasteiger partial charge in [-0.15, -0.1) is 11.3 Å². The van der Waals surface area contributed by atoms with Crippen molar-refractivity contribution in [3.63, 3.8) is 0 Å². The summed E-state index contributed by atoms with van der Waals surface area (Å²) in [5.41, 5.74) is 0.188. The molecule has 6 heteroatoms. The minimum absolute atomic E-state index is 0.00999. The molecule has 5 nitrogen and oxygen atoms in total. The summed E-state index contributed by atoms with van der Waals surface area (Å²) in [6.07, 6.45) is -2.41. The fraction of sp³-hybridized carbons (Fsp3) is 0.444. The quantitative estimate of drug-likeness (QED) is 0.582. The van der Waals surface area contributed by atoms with Crippen molar-refractivity contribution in [3.8, 4) is 0 Å². The summed E-state index contributed by atoms with van der Waals surface area (Å²) < 4.78 is 0. The minimum atomic E-state index is -1.27. The Morgan fingerprint density at radius 2 is 2.13 bits per heavy atom. The molecule has 1 heterocycles. The van der Waals surface area contributed by atoms with Crippen molar-refractivity contribution < 1.29 is 25.2 Å². The van der Waals surface area contributed by atoms with Crippen LogP contribution in [0.1, 0.15) is 27.8 Å². The Balaban J connectivity index is 2.85. The lowest BCUT2D eigenvalue weighted by atomic mass is 10.0. The number of aliphatic hydroxyl groups is 3. The number of aliphatic hydroxyl groups excluding tert-OH is 3. The molecule has 2 atom stereocenters. The number of rotatable bonds is 5. The second kappa shape index (κ2) is 5.22. The van der Waals surface area contributed by atoms with Crippen LogP contribution in [0.25, 0.3) is 0 Å². The number of aromatic carboxylic acids is 1. The van der Waals surface area contributed by atoms with Crippen molar-refractivity contribution >= 4 is 17.3 Å². The van der Waals surface area contributed by atoms with Gasteiger partial charge in [0.25, 0.3) is 0 Å². The molecule has 1 aromatic heterocycles. The van der Waals surface area contributed by atoms with Crippen molar-refractivity contribution in [2.45, 2.75) is 18.6 Å². The number of carbonyl (C=O) groups is 1. The first-order valence-electron chi connectivity index (χ1n) is 4.35. The van der Waals surface area contributed by atoms with Crippen LogP contribution in [0, 0.1) is 0 Å². The molecule has 0 aromatic carbocycles. The zero-order valence-electron chi connectivity index (χ0n) is 7.83. The number of hydrogen-bond donors (Lipinski definition) is 4. The maximum absolute atomic E-state index is 10.7. The van der Waals surface area contributed by atoms with E-state index in [-0.39, 0.29) is 23.5 Å². The first kappa shape index (κ1) is 12.1. The summed E-state index contributed by atoms with van der Waals surface area (Å²) in [5.74, 6) is -1.13. The monoisotopic (exact) mass is 232 g/mol. The number of hydrogen-bond acceptors (Lipinski definition) is 5. The summed E-state index contributed by atoms with van der Waals surface area (Å²) in [5, 5.41) is 37.9. The van der Waals surface area contributed by atoms with Crippen LogP contribution in [0.2, 0.25) is 0 Å². The van der Waals surface area contributed by atoms with Gasteiger partial charge in [-0.25, -0.2) is 4.79 Å². The van der Waals surface area contributed by atoms with Gasteiger partial charge >= 0.3 is 5.97 Å². The van der Waals surface area contributed by atoms with E-state index in [1.807, 2.05) is 0 Å². The fourth-order valence-corrected chi connectivity index (χ4v) is 2.00. The molecule has 1 aromatic rings. The van der Waals surface area contributed by atoms with Crippen LogP contribution in [0.5, 0.6) is 0 Å². The summed E-state index contributed by atoms with van der Waals surface area (Å²) in [6, 6.07) is 1.46. The molecule has 0 aliphatic heterocycles. The molecule has 0 saturated heterocycles. The molecule has 0 bridgehead atoms. The maximum atomic E-state index is 10.7. The van der Waals surface area contributed by atoms with Gasteiger partial charge in [-0.05, 0) is 17.9 Å². The molecule has 4 N–H and O–H groups in total. The van der Waals surface area contributed by atoms with Gasteiger partial charge in [-0.3, -0.25) is 0 Å². The highest BCUT2D eigenvalue weighted by Gasteiger charge is 2.24. The van der Waals surface area contributed by atoms with Crippen LogP contribution in [-0.4, -0.2) is 39.1 Å². The van der Waals surface area contributed by atoms with Crippen molar-refractivity contribution in [2.75, 3.05) is 6.61 Å². The van der Waals surface area contributed by atoms with Gasteiger partial charge in [-0.2, -0.15) is 0 Å². The first-order chi connectivity index (χ1) is 7.07. The largest absolute Gasteiger partial charge is 0.477 e. The van der Waals surface area contributed by atoms with Crippen LogP contribution < -0.4 is 0 Å². The molecule has 15 heavy (non-hydrogen) atoms. The van der Waals surface area contributed by atoms with E-state index in [9.17, 15) is 15.0 Å². The highest BCUT2D eigenvalue weighted by molar-refractivity contribution is 7.12. The molecule has 0 fully saturated rings. The standard InChI is InChI=1S/C9H12O5S/c10-3-1-6(11)7(12)5-2-4-15-8(5)9(13)14/h2,4,6-7,10-12H,1,3H2,(H,13,14). The van der Waals surface area contributed by atoms with E-state index in [0.29, 0.717) is 0 Å². The molecule has 0 amide bonds. The normalized spacial score (nSPS) is 14.9. The van der Waals surface area contributed by atoms with E-state index < -0.39 is 18.2 Å². The zero-order valence-corrected chi connectivity index (χ0v) is 8.65. The van der Waals surface area contributed by atoms with Gasteiger partial charge in [0.05, 0.1) is 6.10 Å². The van der Waals surface area contributed by atoms with Crippen molar-refractivity contribution in [3.05, 3.63) is 21.9 Å². The van der Waals surface area contributed by atoms with Gasteiger partial charge in [0, 0.05) is 12.2 Å². The summed E-state index contributed by atoms with van der Waals surface area (Å²) >= 11 is 0.988. The van der Waals surface area contributed by atoms with Crippen LogP contribution >= 0.6 is 11.3 Å². The van der Waals surface area contributed by atoms with Crippen LogP contribution in [0.4, 0.5) is 0 Å². The zero-order chi connectivity index (χ0) is 11.4. The number of carboxylic acids is 1.